The molecule has 2 fully saturated rings. The number of ketones is 1. The fourth-order valence-electron chi connectivity index (χ4n) is 3.98. The molecule has 2 aliphatic heterocycles. The second kappa shape index (κ2) is 5.12. The number of carbonyl (C=O) groups excluding carboxylic acids is 1. The van der Waals surface area contributed by atoms with E-state index in [2.05, 4.69) is 10.1 Å². The Balaban J connectivity index is 1.63. The number of rotatable bonds is 2. The molecule has 0 saturated carbocycles. The second-order valence-corrected chi connectivity index (χ2v) is 9.24. The van der Waals surface area contributed by atoms with Crippen LogP contribution in [0.25, 0.3) is 5.65 Å². The summed E-state index contributed by atoms with van der Waals surface area (Å²) in [5.74, 6) is -0.218. The number of carbonyl (C=O) groups is 1. The molecule has 0 amide bonds. The molecule has 2 atom stereocenters. The van der Waals surface area contributed by atoms with Gasteiger partial charge in [-0.05, 0) is 32.6 Å². The van der Waals surface area contributed by atoms with E-state index in [0.29, 0.717) is 36.9 Å². The van der Waals surface area contributed by atoms with Gasteiger partial charge in [0.2, 0.25) is 0 Å². The van der Waals surface area contributed by atoms with Crippen LogP contribution >= 0.6 is 0 Å². The zero-order valence-electron chi connectivity index (χ0n) is 13.0. The minimum absolute atomic E-state index is 0.000599. The van der Waals surface area contributed by atoms with Crippen LogP contribution in [0.1, 0.15) is 48.2 Å². The molecule has 0 aliphatic carbocycles. The van der Waals surface area contributed by atoms with E-state index in [-0.39, 0.29) is 22.2 Å². The minimum atomic E-state index is -3.03. The van der Waals surface area contributed by atoms with Crippen molar-refractivity contribution in [3.05, 3.63) is 29.7 Å². The van der Waals surface area contributed by atoms with Gasteiger partial charge in [0.15, 0.2) is 21.3 Å². The summed E-state index contributed by atoms with van der Waals surface area (Å²) >= 11 is 0. The molecule has 0 N–H and O–H groups in total. The number of aromatic nitrogens is 3. The Hall–Kier alpha value is -1.76. The maximum absolute atomic E-state index is 12.8. The Morgan fingerprint density at radius 1 is 1.26 bits per heavy atom. The first-order chi connectivity index (χ1) is 10.9. The first-order valence-corrected chi connectivity index (χ1v) is 9.65. The number of hydrogen-bond donors (Lipinski definition) is 0. The van der Waals surface area contributed by atoms with E-state index in [9.17, 15) is 13.2 Å². The lowest BCUT2D eigenvalue weighted by Gasteiger charge is -2.38. The third-order valence-corrected chi connectivity index (χ3v) is 7.88. The highest BCUT2D eigenvalue weighted by Crippen LogP contribution is 2.40. The van der Waals surface area contributed by atoms with Gasteiger partial charge in [-0.3, -0.25) is 4.79 Å². The normalized spacial score (nSPS) is 29.5. The van der Waals surface area contributed by atoms with Crippen molar-refractivity contribution in [2.75, 3.05) is 0 Å². The molecule has 4 heterocycles. The van der Waals surface area contributed by atoms with Gasteiger partial charge in [-0.2, -0.15) is 5.10 Å². The van der Waals surface area contributed by atoms with Crippen LogP contribution < -0.4 is 0 Å². The van der Waals surface area contributed by atoms with Crippen LogP contribution in [0.3, 0.4) is 0 Å². The van der Waals surface area contributed by atoms with Crippen LogP contribution in [0.2, 0.25) is 0 Å². The van der Waals surface area contributed by atoms with Crippen molar-refractivity contribution in [3.8, 4) is 0 Å². The highest BCUT2D eigenvalue weighted by molar-refractivity contribution is 7.92. The van der Waals surface area contributed by atoms with E-state index >= 15 is 0 Å². The third kappa shape index (κ3) is 2.38. The molecule has 0 aromatic carbocycles. The van der Waals surface area contributed by atoms with Crippen molar-refractivity contribution in [2.45, 2.75) is 49.5 Å². The van der Waals surface area contributed by atoms with E-state index in [1.165, 1.54) is 0 Å². The highest BCUT2D eigenvalue weighted by Gasteiger charge is 2.46. The molecule has 23 heavy (non-hydrogen) atoms. The summed E-state index contributed by atoms with van der Waals surface area (Å²) in [5, 5.41) is 3.61. The molecule has 2 aromatic rings. The zero-order chi connectivity index (χ0) is 16.2. The molecule has 2 aliphatic rings. The maximum atomic E-state index is 12.8. The molecule has 7 heteroatoms. The Morgan fingerprint density at radius 3 is 2.65 bits per heavy atom. The van der Waals surface area contributed by atoms with Gasteiger partial charge in [0.25, 0.3) is 0 Å². The molecule has 122 valence electrons. The van der Waals surface area contributed by atoms with Gasteiger partial charge < -0.3 is 0 Å². The molecular formula is C16H19N3O3S. The minimum Gasteiger partial charge on any atom is -0.294 e. The molecule has 2 saturated heterocycles. The Morgan fingerprint density at radius 2 is 1.96 bits per heavy atom. The van der Waals surface area contributed by atoms with Crippen molar-refractivity contribution < 1.29 is 13.2 Å². The van der Waals surface area contributed by atoms with Gasteiger partial charge in [-0.15, -0.1) is 0 Å². The Kier molecular flexibility index (Phi) is 3.30. The number of Topliss-reactive ketones (excluding diaryl/α,β-unsaturated/α-hetero) is 1. The Labute approximate surface area is 134 Å². The largest absolute Gasteiger partial charge is 0.294 e. The summed E-state index contributed by atoms with van der Waals surface area (Å²) in [5.41, 5.74) is 2.07. The standard InChI is InChI=1S/C16H19N3O3S/c1-10-5-15-17-8-12(9-19(15)18-10)16(20)11-6-13-3-2-4-14(7-11)23(13,21)22/h5,8-9,11,13-14H,2-4,6-7H2,1H3. The molecule has 0 radical (unpaired) electrons. The summed E-state index contributed by atoms with van der Waals surface area (Å²) in [6, 6.07) is 1.85. The SMILES string of the molecule is Cc1cc2ncc(C(=O)C3CC4CCCC(C3)S4(=O)=O)cn2n1. The first-order valence-electron chi connectivity index (χ1n) is 8.04. The van der Waals surface area contributed by atoms with Gasteiger partial charge in [0.1, 0.15) is 0 Å². The predicted octanol–water partition coefficient (Wildman–Crippen LogP) is 1.97. The van der Waals surface area contributed by atoms with Crippen LogP contribution in [-0.2, 0) is 9.84 Å². The number of nitrogens with zero attached hydrogens (tertiary/aromatic N) is 3. The number of fused-ring (bicyclic) bond motifs is 3. The number of sulfone groups is 1. The van der Waals surface area contributed by atoms with Crippen molar-refractivity contribution in [1.82, 2.24) is 14.6 Å². The highest BCUT2D eigenvalue weighted by atomic mass is 32.2. The maximum Gasteiger partial charge on any atom is 0.169 e. The van der Waals surface area contributed by atoms with Crippen LogP contribution in [0.4, 0.5) is 0 Å². The summed E-state index contributed by atoms with van der Waals surface area (Å²) < 4.78 is 26.3. The quantitative estimate of drug-likeness (QED) is 0.785. The third-order valence-electron chi connectivity index (χ3n) is 5.17. The molecule has 6 nitrogen and oxygen atoms in total. The van der Waals surface area contributed by atoms with E-state index in [1.807, 2.05) is 13.0 Å². The van der Waals surface area contributed by atoms with Crippen molar-refractivity contribution in [3.63, 3.8) is 0 Å². The van der Waals surface area contributed by atoms with Gasteiger partial charge in [-0.25, -0.2) is 17.9 Å². The van der Waals surface area contributed by atoms with Crippen molar-refractivity contribution in [2.24, 2.45) is 5.92 Å². The molecule has 2 bridgehead atoms. The first kappa shape index (κ1) is 14.8. The zero-order valence-corrected chi connectivity index (χ0v) is 13.8. The summed E-state index contributed by atoms with van der Waals surface area (Å²) in [7, 11) is -3.03. The van der Waals surface area contributed by atoms with Crippen LogP contribution in [0, 0.1) is 12.8 Å². The van der Waals surface area contributed by atoms with E-state index in [0.717, 1.165) is 12.1 Å². The van der Waals surface area contributed by atoms with E-state index in [1.54, 1.807) is 16.9 Å². The number of hydrogen-bond acceptors (Lipinski definition) is 5. The van der Waals surface area contributed by atoms with Gasteiger partial charge in [0, 0.05) is 24.4 Å². The van der Waals surface area contributed by atoms with Crippen LogP contribution in [0.15, 0.2) is 18.5 Å². The summed E-state index contributed by atoms with van der Waals surface area (Å²) in [6.07, 6.45) is 6.53. The molecule has 2 aromatic heterocycles. The average molecular weight is 333 g/mol. The Bertz CT molecular complexity index is 867. The molecular weight excluding hydrogens is 314 g/mol. The summed E-state index contributed by atoms with van der Waals surface area (Å²) in [4.78, 5) is 17.1. The lowest BCUT2D eigenvalue weighted by Crippen LogP contribution is -2.45. The average Bonchev–Trinajstić information content (AvgIpc) is 2.84. The van der Waals surface area contributed by atoms with Crippen molar-refractivity contribution >= 4 is 21.3 Å². The summed E-state index contributed by atoms with van der Waals surface area (Å²) in [6.45, 7) is 1.88. The predicted molar refractivity (Wildman–Crippen MR) is 85.1 cm³/mol. The van der Waals surface area contributed by atoms with Gasteiger partial charge in [0.05, 0.1) is 21.8 Å². The van der Waals surface area contributed by atoms with Crippen LogP contribution in [-0.4, -0.2) is 39.3 Å². The second-order valence-electron chi connectivity index (χ2n) is 6.73. The van der Waals surface area contributed by atoms with Gasteiger partial charge >= 0.3 is 0 Å². The topological polar surface area (TPSA) is 81.4 Å². The lowest BCUT2D eigenvalue weighted by atomic mass is 9.85. The van der Waals surface area contributed by atoms with E-state index in [4.69, 9.17) is 0 Å². The smallest absolute Gasteiger partial charge is 0.169 e. The number of aryl methyl sites for hydroxylation is 1. The monoisotopic (exact) mass is 333 g/mol. The molecule has 4 rings (SSSR count). The molecule has 2 unspecified atom stereocenters. The fraction of sp³-hybridized carbons (Fsp3) is 0.562. The molecule has 0 spiro atoms. The van der Waals surface area contributed by atoms with Gasteiger partial charge in [-0.1, -0.05) is 6.42 Å². The fourth-order valence-corrected chi connectivity index (χ4v) is 6.52. The van der Waals surface area contributed by atoms with E-state index < -0.39 is 9.84 Å². The lowest BCUT2D eigenvalue weighted by molar-refractivity contribution is 0.0893. The van der Waals surface area contributed by atoms with Crippen molar-refractivity contribution in [1.29, 1.82) is 0 Å². The van der Waals surface area contributed by atoms with Crippen LogP contribution in [0.5, 0.6) is 0 Å².